The lowest BCUT2D eigenvalue weighted by Crippen LogP contribution is -2.30. The Labute approximate surface area is 638 Å². The summed E-state index contributed by atoms with van der Waals surface area (Å²) in [5.74, 6) is 1.05. The van der Waals surface area contributed by atoms with E-state index in [1.165, 1.54) is 238 Å². The van der Waals surface area contributed by atoms with Gasteiger partial charge in [-0.3, -0.25) is 37.3 Å². The smallest absolute Gasteiger partial charge is 0.462 e. The molecule has 0 aliphatic heterocycles. The number of aliphatic hydroxyl groups excluding tert-OH is 1. The van der Waals surface area contributed by atoms with Crippen LogP contribution in [-0.4, -0.2) is 96.7 Å². The van der Waals surface area contributed by atoms with E-state index in [0.717, 1.165) is 114 Å². The van der Waals surface area contributed by atoms with Gasteiger partial charge in [0.2, 0.25) is 0 Å². The van der Waals surface area contributed by atoms with Gasteiger partial charge in [-0.25, -0.2) is 9.13 Å². The van der Waals surface area contributed by atoms with Gasteiger partial charge in [-0.1, -0.05) is 389 Å². The predicted octanol–water partition coefficient (Wildman–Crippen LogP) is 25.6. The number of aliphatic hydroxyl groups is 1. The topological polar surface area (TPSA) is 237 Å². The Morgan fingerprint density at radius 3 is 0.683 bits per heavy atom. The van der Waals surface area contributed by atoms with Crippen molar-refractivity contribution in [3.05, 3.63) is 0 Å². The summed E-state index contributed by atoms with van der Waals surface area (Å²) in [5, 5.41) is 10.7. The molecule has 4 unspecified atom stereocenters. The summed E-state index contributed by atoms with van der Waals surface area (Å²) in [5.41, 5.74) is 0. The minimum absolute atomic E-state index is 0.105. The Morgan fingerprint density at radius 1 is 0.269 bits per heavy atom. The fourth-order valence-electron chi connectivity index (χ4n) is 13.1. The Morgan fingerprint density at radius 2 is 0.462 bits per heavy atom. The van der Waals surface area contributed by atoms with Crippen molar-refractivity contribution in [3.8, 4) is 0 Å². The number of esters is 4. The van der Waals surface area contributed by atoms with Gasteiger partial charge in [0.25, 0.3) is 0 Å². The lowest BCUT2D eigenvalue weighted by atomic mass is 9.99. The third-order valence-electron chi connectivity index (χ3n) is 20.5. The second-order valence-electron chi connectivity index (χ2n) is 32.0. The van der Waals surface area contributed by atoms with Gasteiger partial charge in [-0.15, -0.1) is 0 Å². The van der Waals surface area contributed by atoms with Crippen molar-refractivity contribution in [2.24, 2.45) is 23.7 Å². The molecule has 0 rings (SSSR count). The molecule has 0 saturated carbocycles. The van der Waals surface area contributed by atoms with Crippen LogP contribution in [0.3, 0.4) is 0 Å². The molecule has 0 aliphatic rings. The third-order valence-corrected chi connectivity index (χ3v) is 22.4. The summed E-state index contributed by atoms with van der Waals surface area (Å²) in [6, 6.07) is 0. The first-order valence-electron chi connectivity index (χ1n) is 43.8. The summed E-state index contributed by atoms with van der Waals surface area (Å²) in [6.45, 7) is 14.3. The van der Waals surface area contributed by atoms with Crippen molar-refractivity contribution >= 4 is 39.5 Å². The molecule has 0 aromatic heterocycles. The van der Waals surface area contributed by atoms with Gasteiger partial charge in [0.05, 0.1) is 26.4 Å². The number of hydrogen-bond donors (Lipinski definition) is 3. The van der Waals surface area contributed by atoms with Crippen molar-refractivity contribution in [1.29, 1.82) is 0 Å². The van der Waals surface area contributed by atoms with E-state index in [9.17, 15) is 43.2 Å². The van der Waals surface area contributed by atoms with Gasteiger partial charge in [0.1, 0.15) is 19.3 Å². The van der Waals surface area contributed by atoms with Gasteiger partial charge in [-0.2, -0.15) is 0 Å². The van der Waals surface area contributed by atoms with Crippen LogP contribution in [0.5, 0.6) is 0 Å². The Hall–Kier alpha value is -1.94. The lowest BCUT2D eigenvalue weighted by molar-refractivity contribution is -0.161. The maximum absolute atomic E-state index is 13.1. The van der Waals surface area contributed by atoms with Crippen LogP contribution in [0.15, 0.2) is 0 Å². The van der Waals surface area contributed by atoms with E-state index in [2.05, 4.69) is 55.4 Å². The molecule has 17 nitrogen and oxygen atoms in total. The first-order chi connectivity index (χ1) is 50.2. The molecule has 0 radical (unpaired) electrons. The minimum atomic E-state index is -4.97. The van der Waals surface area contributed by atoms with Crippen LogP contribution in [0.25, 0.3) is 0 Å². The van der Waals surface area contributed by atoms with Crippen molar-refractivity contribution in [3.63, 3.8) is 0 Å². The van der Waals surface area contributed by atoms with E-state index < -0.39 is 97.5 Å². The minimum Gasteiger partial charge on any atom is -0.462 e. The molecular weight excluding hydrogens is 1350 g/mol. The number of unbranched alkanes of at least 4 members (excludes halogenated alkanes) is 46. The monoisotopic (exact) mass is 1520 g/mol. The molecule has 0 aromatic rings. The molecule has 0 heterocycles. The molecule has 104 heavy (non-hydrogen) atoms. The van der Waals surface area contributed by atoms with Crippen molar-refractivity contribution in [1.82, 2.24) is 0 Å². The Balaban J connectivity index is 5.20. The van der Waals surface area contributed by atoms with E-state index >= 15 is 0 Å². The van der Waals surface area contributed by atoms with Crippen LogP contribution < -0.4 is 0 Å². The highest BCUT2D eigenvalue weighted by atomic mass is 31.2. The largest absolute Gasteiger partial charge is 0.472 e. The summed E-state index contributed by atoms with van der Waals surface area (Å²) in [7, 11) is -9.93. The van der Waals surface area contributed by atoms with Crippen molar-refractivity contribution in [2.45, 2.75) is 459 Å². The highest BCUT2D eigenvalue weighted by Crippen LogP contribution is 2.45. The maximum atomic E-state index is 13.1. The number of hydrogen-bond acceptors (Lipinski definition) is 15. The average molecular weight is 1520 g/mol. The quantitative estimate of drug-likeness (QED) is 0.0222. The summed E-state index contributed by atoms with van der Waals surface area (Å²) < 4.78 is 68.8. The standard InChI is InChI=1S/C85H166O17P2/c1-9-77(7)63-55-47-38-32-26-22-18-13-11-12-14-19-23-27-34-40-49-57-65-82(87)95-71-80(101-84(89)67-59-51-41-35-28-24-20-16-15-17-21-25-31-37-45-53-61-75(3)4)73-99-103(91,92)97-69-79(86)70-98-104(93,94)100-74-81(72-96-83(88)66-58-50-44-43-46-54-62-76(5)6)102-85(90)68-60-52-42-36-30-29-33-39-48-56-64-78(8)10-2/h75-81,86H,9-74H2,1-8H3,(H,91,92)(H,93,94)/t77?,78?,79-,80-,81-/m1/s1. The van der Waals surface area contributed by atoms with Gasteiger partial charge in [0, 0.05) is 25.7 Å². The van der Waals surface area contributed by atoms with Gasteiger partial charge >= 0.3 is 39.5 Å². The molecule has 0 aliphatic carbocycles. The normalized spacial score (nSPS) is 14.5. The van der Waals surface area contributed by atoms with E-state index in [4.69, 9.17) is 37.0 Å². The van der Waals surface area contributed by atoms with Gasteiger partial charge in [-0.05, 0) is 49.4 Å². The molecule has 0 aromatic carbocycles. The van der Waals surface area contributed by atoms with Crippen LogP contribution in [0.1, 0.15) is 441 Å². The van der Waals surface area contributed by atoms with Crippen molar-refractivity contribution in [2.75, 3.05) is 39.6 Å². The van der Waals surface area contributed by atoms with Crippen LogP contribution in [0.4, 0.5) is 0 Å². The zero-order valence-corrected chi connectivity index (χ0v) is 70.5. The molecule has 618 valence electrons. The molecule has 0 bridgehead atoms. The molecule has 0 spiro atoms. The molecule has 19 heteroatoms. The molecule has 0 fully saturated rings. The van der Waals surface area contributed by atoms with Gasteiger partial charge < -0.3 is 33.8 Å². The van der Waals surface area contributed by atoms with E-state index in [-0.39, 0.29) is 25.7 Å². The van der Waals surface area contributed by atoms with E-state index in [1.807, 2.05) is 0 Å². The fourth-order valence-corrected chi connectivity index (χ4v) is 14.7. The van der Waals surface area contributed by atoms with Crippen LogP contribution in [0, 0.1) is 23.7 Å². The summed E-state index contributed by atoms with van der Waals surface area (Å²) >= 11 is 0. The third kappa shape index (κ3) is 75.5. The summed E-state index contributed by atoms with van der Waals surface area (Å²) in [4.78, 5) is 73.1. The van der Waals surface area contributed by atoms with E-state index in [1.54, 1.807) is 0 Å². The second kappa shape index (κ2) is 73.8. The number of carbonyl (C=O) groups is 4. The summed E-state index contributed by atoms with van der Waals surface area (Å²) in [6.07, 6.45) is 62.6. The number of phosphoric acid groups is 2. The average Bonchev–Trinajstić information content (AvgIpc) is 0.911. The molecule has 0 saturated heterocycles. The molecule has 7 atom stereocenters. The number of phosphoric ester groups is 2. The lowest BCUT2D eigenvalue weighted by Gasteiger charge is -2.21. The highest BCUT2D eigenvalue weighted by Gasteiger charge is 2.30. The number of rotatable bonds is 82. The van der Waals surface area contributed by atoms with Crippen molar-refractivity contribution < 1.29 is 80.2 Å². The zero-order valence-electron chi connectivity index (χ0n) is 68.7. The van der Waals surface area contributed by atoms with Gasteiger partial charge in [0.15, 0.2) is 12.2 Å². The number of ether oxygens (including phenoxy) is 4. The molecule has 3 N–H and O–H groups in total. The SMILES string of the molecule is CCC(C)CCCCCCCCCCCCCCCCCCCCC(=O)OC[C@H](COP(=O)(O)OC[C@@H](O)COP(=O)(O)OC[C@@H](COC(=O)CCCCCCCCC(C)C)OC(=O)CCCCCCCCCCCCC(C)CC)OC(=O)CCCCCCCCCCCCCCCCCCC(C)C. The van der Waals surface area contributed by atoms with Crippen LogP contribution in [-0.2, 0) is 65.4 Å². The Bertz CT molecular complexity index is 2030. The van der Waals surface area contributed by atoms with Crippen LogP contribution in [0.2, 0.25) is 0 Å². The van der Waals surface area contributed by atoms with Crippen LogP contribution >= 0.6 is 15.6 Å². The highest BCUT2D eigenvalue weighted by molar-refractivity contribution is 7.47. The molecule has 0 amide bonds. The first-order valence-corrected chi connectivity index (χ1v) is 46.8. The molecular formula is C85H166O17P2. The second-order valence-corrected chi connectivity index (χ2v) is 34.9. The predicted molar refractivity (Wildman–Crippen MR) is 428 cm³/mol. The first kappa shape index (κ1) is 102. The number of carbonyl (C=O) groups excluding carboxylic acids is 4. The maximum Gasteiger partial charge on any atom is 0.472 e. The Kier molecular flexibility index (Phi) is 72.5. The van der Waals surface area contributed by atoms with E-state index in [0.29, 0.717) is 31.6 Å². The fraction of sp³-hybridized carbons (Fsp3) is 0.953. The zero-order chi connectivity index (χ0) is 76.7.